The van der Waals surface area contributed by atoms with E-state index >= 15 is 0 Å². The van der Waals surface area contributed by atoms with Crippen molar-refractivity contribution in [2.75, 3.05) is 26.7 Å². The molecule has 2 aromatic carbocycles. The summed E-state index contributed by atoms with van der Waals surface area (Å²) in [6.45, 7) is 4.26. The second-order valence-electron chi connectivity index (χ2n) is 6.50. The van der Waals surface area contributed by atoms with Gasteiger partial charge in [0, 0.05) is 26.2 Å². The Morgan fingerprint density at radius 2 is 1.90 bits per heavy atom. The van der Waals surface area contributed by atoms with Crippen molar-refractivity contribution in [3.8, 4) is 5.75 Å². The Hall–Kier alpha value is -2.43. The Labute approximate surface area is 191 Å². The van der Waals surface area contributed by atoms with Crippen LogP contribution >= 0.6 is 24.0 Å². The largest absolute Gasteiger partial charge is 0.489 e. The van der Waals surface area contributed by atoms with Crippen LogP contribution in [0.15, 0.2) is 47.5 Å². The van der Waals surface area contributed by atoms with Gasteiger partial charge in [-0.15, -0.1) is 24.0 Å². The van der Waals surface area contributed by atoms with Crippen LogP contribution in [0.4, 0.5) is 8.78 Å². The van der Waals surface area contributed by atoms with Crippen LogP contribution in [0.5, 0.6) is 5.75 Å². The van der Waals surface area contributed by atoms with Crippen LogP contribution in [0.25, 0.3) is 11.0 Å². The molecule has 0 saturated heterocycles. The van der Waals surface area contributed by atoms with Gasteiger partial charge in [-0.3, -0.25) is 4.99 Å². The van der Waals surface area contributed by atoms with E-state index in [2.05, 4.69) is 31.2 Å². The zero-order valence-corrected chi connectivity index (χ0v) is 19.3. The van der Waals surface area contributed by atoms with E-state index in [-0.39, 0.29) is 36.3 Å². The highest BCUT2D eigenvalue weighted by Gasteiger charge is 2.07. The summed E-state index contributed by atoms with van der Waals surface area (Å²) in [6.07, 6.45) is 0.902. The van der Waals surface area contributed by atoms with E-state index in [1.165, 1.54) is 6.07 Å². The van der Waals surface area contributed by atoms with Crippen LogP contribution in [-0.2, 0) is 6.54 Å². The number of hydrogen-bond acceptors (Lipinski definition) is 3. The van der Waals surface area contributed by atoms with E-state index in [0.29, 0.717) is 12.5 Å². The van der Waals surface area contributed by atoms with Crippen LogP contribution in [0, 0.1) is 18.6 Å². The van der Waals surface area contributed by atoms with E-state index in [1.807, 2.05) is 25.1 Å². The molecular weight excluding hydrogens is 503 g/mol. The molecule has 0 aliphatic heterocycles. The predicted octanol–water partition coefficient (Wildman–Crippen LogP) is 3.88. The zero-order valence-electron chi connectivity index (χ0n) is 17.0. The number of para-hydroxylation sites is 2. The van der Waals surface area contributed by atoms with Crippen LogP contribution in [0.1, 0.15) is 12.2 Å². The number of fused-ring (bicyclic) bond motifs is 1. The summed E-state index contributed by atoms with van der Waals surface area (Å²) >= 11 is 0. The molecule has 0 aliphatic rings. The van der Waals surface area contributed by atoms with Crippen molar-refractivity contribution in [2.45, 2.75) is 19.9 Å². The predicted molar refractivity (Wildman–Crippen MR) is 126 cm³/mol. The third-order valence-electron chi connectivity index (χ3n) is 4.47. The number of imidazole rings is 1. The van der Waals surface area contributed by atoms with Crippen LogP contribution in [0.2, 0.25) is 0 Å². The molecule has 0 saturated carbocycles. The van der Waals surface area contributed by atoms with Crippen LogP contribution in [-0.4, -0.2) is 42.3 Å². The fourth-order valence-electron chi connectivity index (χ4n) is 3.07. The summed E-state index contributed by atoms with van der Waals surface area (Å²) in [7, 11) is 1.68. The van der Waals surface area contributed by atoms with Crippen molar-refractivity contribution < 1.29 is 13.5 Å². The monoisotopic (exact) mass is 529 g/mol. The smallest absolute Gasteiger partial charge is 0.191 e. The first-order chi connectivity index (χ1) is 14.1. The molecule has 162 valence electrons. The van der Waals surface area contributed by atoms with Gasteiger partial charge in [-0.1, -0.05) is 12.1 Å². The number of aliphatic imine (C=N–C) groups is 1. The molecule has 9 heteroatoms. The Morgan fingerprint density at radius 3 is 2.67 bits per heavy atom. The van der Waals surface area contributed by atoms with E-state index in [9.17, 15) is 8.78 Å². The zero-order chi connectivity index (χ0) is 20.6. The van der Waals surface area contributed by atoms with Crippen LogP contribution < -0.4 is 15.4 Å². The molecule has 0 unspecified atom stereocenters. The van der Waals surface area contributed by atoms with Crippen molar-refractivity contribution in [3.05, 3.63) is 59.9 Å². The third-order valence-corrected chi connectivity index (χ3v) is 4.47. The molecule has 0 aliphatic carbocycles. The minimum Gasteiger partial charge on any atom is -0.489 e. The summed E-state index contributed by atoms with van der Waals surface area (Å²) in [6, 6.07) is 11.3. The fraction of sp³-hybridized carbons (Fsp3) is 0.333. The van der Waals surface area contributed by atoms with Crippen LogP contribution in [0.3, 0.4) is 0 Å². The second kappa shape index (κ2) is 11.7. The lowest BCUT2D eigenvalue weighted by molar-refractivity contribution is 0.304. The number of rotatable bonds is 8. The maximum absolute atomic E-state index is 13.5. The van der Waals surface area contributed by atoms with Crippen molar-refractivity contribution in [1.29, 1.82) is 0 Å². The normalized spacial score (nSPS) is 11.3. The molecule has 0 amide bonds. The van der Waals surface area contributed by atoms with Crippen molar-refractivity contribution in [1.82, 2.24) is 20.2 Å². The van der Waals surface area contributed by atoms with Gasteiger partial charge in [0.1, 0.15) is 18.2 Å². The summed E-state index contributed by atoms with van der Waals surface area (Å²) < 4.78 is 33.9. The van der Waals surface area contributed by atoms with Gasteiger partial charge in [-0.05, 0) is 37.6 Å². The highest BCUT2D eigenvalue weighted by molar-refractivity contribution is 14.0. The number of ether oxygens (including phenoxy) is 1. The summed E-state index contributed by atoms with van der Waals surface area (Å²) in [4.78, 5) is 8.73. The molecule has 6 nitrogen and oxygen atoms in total. The summed E-state index contributed by atoms with van der Waals surface area (Å²) in [5.74, 6) is 0.324. The summed E-state index contributed by atoms with van der Waals surface area (Å²) in [5.41, 5.74) is 2.14. The van der Waals surface area contributed by atoms with Crippen molar-refractivity contribution in [2.24, 2.45) is 4.99 Å². The van der Waals surface area contributed by atoms with E-state index in [1.54, 1.807) is 7.05 Å². The maximum atomic E-state index is 13.5. The van der Waals surface area contributed by atoms with Gasteiger partial charge < -0.3 is 19.9 Å². The molecular formula is C21H26F2IN5O. The Balaban J connectivity index is 0.00000320. The van der Waals surface area contributed by atoms with Crippen molar-refractivity contribution in [3.63, 3.8) is 0 Å². The lowest BCUT2D eigenvalue weighted by Gasteiger charge is -2.13. The molecule has 0 spiro atoms. The molecule has 2 N–H and O–H groups in total. The SMILES string of the molecule is CN=C(NCCCn1c(C)nc2ccccc21)NCCOc1ccc(F)cc1F.I. The molecule has 3 rings (SSSR count). The molecule has 0 fully saturated rings. The topological polar surface area (TPSA) is 63.5 Å². The van der Waals surface area contributed by atoms with Gasteiger partial charge in [0.25, 0.3) is 0 Å². The lowest BCUT2D eigenvalue weighted by atomic mass is 10.3. The first-order valence-corrected chi connectivity index (χ1v) is 9.52. The maximum Gasteiger partial charge on any atom is 0.191 e. The van der Waals surface area contributed by atoms with E-state index in [0.717, 1.165) is 48.5 Å². The number of hydrogen-bond donors (Lipinski definition) is 2. The standard InChI is InChI=1S/C21H25F2N5O.HI/c1-15-27-18-6-3-4-7-19(18)28(15)12-5-10-25-21(24-2)26-11-13-29-20-9-8-16(22)14-17(20)23;/h3-4,6-9,14H,5,10-13H2,1-2H3,(H2,24,25,26);1H. The van der Waals surface area contributed by atoms with Gasteiger partial charge in [-0.2, -0.15) is 0 Å². The molecule has 1 heterocycles. The average Bonchev–Trinajstić information content (AvgIpc) is 3.03. The van der Waals surface area contributed by atoms with E-state index in [4.69, 9.17) is 4.74 Å². The number of guanidine groups is 1. The quantitative estimate of drug-likeness (QED) is 0.201. The first-order valence-electron chi connectivity index (χ1n) is 9.52. The first kappa shape index (κ1) is 23.8. The van der Waals surface area contributed by atoms with Gasteiger partial charge in [0.2, 0.25) is 0 Å². The van der Waals surface area contributed by atoms with Gasteiger partial charge in [-0.25, -0.2) is 13.8 Å². The van der Waals surface area contributed by atoms with E-state index < -0.39 is 11.6 Å². The lowest BCUT2D eigenvalue weighted by Crippen LogP contribution is -2.39. The van der Waals surface area contributed by atoms with Gasteiger partial charge in [0.05, 0.1) is 17.6 Å². The Morgan fingerprint density at radius 1 is 1.13 bits per heavy atom. The number of aromatic nitrogens is 2. The Kier molecular flexibility index (Phi) is 9.28. The number of aryl methyl sites for hydroxylation is 2. The highest BCUT2D eigenvalue weighted by atomic mass is 127. The minimum atomic E-state index is -0.713. The molecule has 3 aromatic rings. The molecule has 0 bridgehead atoms. The van der Waals surface area contributed by atoms with Crippen molar-refractivity contribution >= 4 is 41.0 Å². The highest BCUT2D eigenvalue weighted by Crippen LogP contribution is 2.17. The number of nitrogens with one attached hydrogen (secondary N) is 2. The average molecular weight is 529 g/mol. The third kappa shape index (κ3) is 6.28. The Bertz CT molecular complexity index is 993. The van der Waals surface area contributed by atoms with Gasteiger partial charge in [0.15, 0.2) is 17.5 Å². The molecule has 30 heavy (non-hydrogen) atoms. The van der Waals surface area contributed by atoms with Gasteiger partial charge >= 0.3 is 0 Å². The number of halogens is 3. The number of nitrogens with zero attached hydrogens (tertiary/aromatic N) is 3. The second-order valence-corrected chi connectivity index (χ2v) is 6.50. The molecule has 1 aromatic heterocycles. The summed E-state index contributed by atoms with van der Waals surface area (Å²) in [5, 5.41) is 6.35. The molecule has 0 radical (unpaired) electrons. The number of benzene rings is 2. The molecule has 0 atom stereocenters. The minimum absolute atomic E-state index is 0. The fourth-order valence-corrected chi connectivity index (χ4v) is 3.07.